The number of nitrogens with one attached hydrogen (secondary N) is 1. The number of benzene rings is 1. The second-order valence-corrected chi connectivity index (χ2v) is 6.51. The summed E-state index contributed by atoms with van der Waals surface area (Å²) in [5, 5.41) is 13.3. The van der Waals surface area contributed by atoms with Crippen molar-refractivity contribution in [3.05, 3.63) is 39.9 Å². The molecule has 2 aromatic rings. The van der Waals surface area contributed by atoms with Gasteiger partial charge in [-0.05, 0) is 30.9 Å². The Bertz CT molecular complexity index is 625. The van der Waals surface area contributed by atoms with Gasteiger partial charge in [0.05, 0.1) is 0 Å². The Balaban J connectivity index is 1.88. The average molecular weight is 338 g/mol. The second kappa shape index (κ2) is 8.25. The molecular weight excluding hydrogens is 318 g/mol. The number of aryl methyl sites for hydroxylation is 1. The van der Waals surface area contributed by atoms with Crippen LogP contribution in [0.15, 0.2) is 24.3 Å². The largest absolute Gasteiger partial charge is 0.301 e. The second-order valence-electron chi connectivity index (χ2n) is 5.10. The summed E-state index contributed by atoms with van der Waals surface area (Å²) in [6.45, 7) is 4.27. The number of rotatable bonds is 7. The van der Waals surface area contributed by atoms with Crippen LogP contribution in [0, 0.1) is 0 Å². The van der Waals surface area contributed by atoms with Crippen molar-refractivity contribution in [3.63, 3.8) is 0 Å². The zero-order valence-electron chi connectivity index (χ0n) is 12.8. The maximum atomic E-state index is 12.0. The number of carbonyl (C=O) groups excluding carboxylic acids is 1. The van der Waals surface area contributed by atoms with Crippen molar-refractivity contribution in [1.82, 2.24) is 10.2 Å². The molecular formula is C16H20ClN3OS. The number of carbonyl (C=O) groups is 1. The molecule has 0 aliphatic carbocycles. The predicted molar refractivity (Wildman–Crippen MR) is 91.6 cm³/mol. The molecule has 118 valence electrons. The van der Waals surface area contributed by atoms with Crippen molar-refractivity contribution < 1.29 is 4.79 Å². The van der Waals surface area contributed by atoms with Crippen molar-refractivity contribution in [2.45, 2.75) is 45.4 Å². The van der Waals surface area contributed by atoms with Crippen LogP contribution < -0.4 is 5.32 Å². The predicted octanol–water partition coefficient (Wildman–Crippen LogP) is 4.67. The lowest BCUT2D eigenvalue weighted by Crippen LogP contribution is -2.12. The number of anilines is 1. The monoisotopic (exact) mass is 337 g/mol. The SMILES string of the molecule is CCC(CC)c1nnc(NC(=O)CCc2ccccc2Cl)s1. The highest BCUT2D eigenvalue weighted by Crippen LogP contribution is 2.28. The first-order valence-corrected chi connectivity index (χ1v) is 8.70. The van der Waals surface area contributed by atoms with E-state index in [2.05, 4.69) is 29.4 Å². The number of amides is 1. The molecule has 22 heavy (non-hydrogen) atoms. The Hall–Kier alpha value is -1.46. The van der Waals surface area contributed by atoms with Gasteiger partial charge in [-0.1, -0.05) is 55.0 Å². The summed E-state index contributed by atoms with van der Waals surface area (Å²) in [6.07, 6.45) is 3.06. The fourth-order valence-electron chi connectivity index (χ4n) is 2.22. The summed E-state index contributed by atoms with van der Waals surface area (Å²) in [5.41, 5.74) is 0.981. The molecule has 4 nitrogen and oxygen atoms in total. The molecule has 2 rings (SSSR count). The molecule has 0 saturated heterocycles. The van der Waals surface area contributed by atoms with E-state index >= 15 is 0 Å². The minimum absolute atomic E-state index is 0.0628. The minimum atomic E-state index is -0.0628. The van der Waals surface area contributed by atoms with E-state index in [4.69, 9.17) is 11.6 Å². The summed E-state index contributed by atoms with van der Waals surface area (Å²) in [6, 6.07) is 7.57. The van der Waals surface area contributed by atoms with Crippen LogP contribution in [0.25, 0.3) is 0 Å². The molecule has 6 heteroatoms. The van der Waals surface area contributed by atoms with E-state index in [1.807, 2.05) is 24.3 Å². The molecule has 0 atom stereocenters. The number of hydrogen-bond donors (Lipinski definition) is 1. The zero-order valence-corrected chi connectivity index (χ0v) is 14.4. The van der Waals surface area contributed by atoms with Crippen molar-refractivity contribution in [3.8, 4) is 0 Å². The van der Waals surface area contributed by atoms with Crippen LogP contribution in [0.4, 0.5) is 5.13 Å². The quantitative estimate of drug-likeness (QED) is 0.799. The van der Waals surface area contributed by atoms with Crippen molar-refractivity contribution >= 4 is 34.0 Å². The van der Waals surface area contributed by atoms with Gasteiger partial charge in [-0.25, -0.2) is 0 Å². The Morgan fingerprint density at radius 3 is 2.68 bits per heavy atom. The molecule has 0 bridgehead atoms. The van der Waals surface area contributed by atoms with E-state index in [1.54, 1.807) is 0 Å². The lowest BCUT2D eigenvalue weighted by molar-refractivity contribution is -0.116. The molecule has 0 fully saturated rings. The first-order valence-electron chi connectivity index (χ1n) is 7.50. The summed E-state index contributed by atoms with van der Waals surface area (Å²) in [7, 11) is 0. The van der Waals surface area contributed by atoms with Crippen LogP contribution in [0.5, 0.6) is 0 Å². The lowest BCUT2D eigenvalue weighted by atomic mass is 10.1. The van der Waals surface area contributed by atoms with Crippen LogP contribution in [-0.4, -0.2) is 16.1 Å². The molecule has 1 aromatic heterocycles. The third kappa shape index (κ3) is 4.52. The van der Waals surface area contributed by atoms with Gasteiger partial charge < -0.3 is 5.32 Å². The third-order valence-electron chi connectivity index (χ3n) is 3.60. The average Bonchev–Trinajstić information content (AvgIpc) is 2.96. The molecule has 0 unspecified atom stereocenters. The van der Waals surface area contributed by atoms with Crippen molar-refractivity contribution in [1.29, 1.82) is 0 Å². The van der Waals surface area contributed by atoms with Crippen molar-refractivity contribution in [2.24, 2.45) is 0 Å². The molecule has 1 heterocycles. The molecule has 1 amide bonds. The van der Waals surface area contributed by atoms with Crippen LogP contribution in [0.3, 0.4) is 0 Å². The molecule has 0 spiro atoms. The number of halogens is 1. The number of hydrogen-bond acceptors (Lipinski definition) is 4. The number of aromatic nitrogens is 2. The summed E-state index contributed by atoms with van der Waals surface area (Å²) in [4.78, 5) is 12.0. The van der Waals surface area contributed by atoms with Gasteiger partial charge >= 0.3 is 0 Å². The van der Waals surface area contributed by atoms with E-state index in [9.17, 15) is 4.79 Å². The Morgan fingerprint density at radius 2 is 2.00 bits per heavy atom. The van der Waals surface area contributed by atoms with Crippen LogP contribution in [0.1, 0.15) is 49.6 Å². The normalized spacial score (nSPS) is 10.9. The highest BCUT2D eigenvalue weighted by Gasteiger charge is 2.14. The molecule has 1 aromatic carbocycles. The van der Waals surface area contributed by atoms with Gasteiger partial charge in [0.15, 0.2) is 0 Å². The van der Waals surface area contributed by atoms with E-state index in [1.165, 1.54) is 11.3 Å². The lowest BCUT2D eigenvalue weighted by Gasteiger charge is -2.06. The first kappa shape index (κ1) is 16.9. The van der Waals surface area contributed by atoms with E-state index in [0.29, 0.717) is 28.9 Å². The van der Waals surface area contributed by atoms with Crippen LogP contribution in [-0.2, 0) is 11.2 Å². The highest BCUT2D eigenvalue weighted by atomic mass is 35.5. The summed E-state index contributed by atoms with van der Waals surface area (Å²) >= 11 is 7.55. The molecule has 0 radical (unpaired) electrons. The van der Waals surface area contributed by atoms with Crippen LogP contribution >= 0.6 is 22.9 Å². The summed E-state index contributed by atoms with van der Waals surface area (Å²) in [5.74, 6) is 0.360. The van der Waals surface area contributed by atoms with E-state index < -0.39 is 0 Å². The summed E-state index contributed by atoms with van der Waals surface area (Å²) < 4.78 is 0. The van der Waals surface area contributed by atoms with Gasteiger partial charge in [-0.2, -0.15) is 0 Å². The Kier molecular flexibility index (Phi) is 6.34. The van der Waals surface area contributed by atoms with Gasteiger partial charge in [0.2, 0.25) is 11.0 Å². The molecule has 0 aliphatic heterocycles. The third-order valence-corrected chi connectivity index (χ3v) is 4.97. The molecule has 1 N–H and O–H groups in total. The fraction of sp³-hybridized carbons (Fsp3) is 0.438. The van der Waals surface area contributed by atoms with Gasteiger partial charge in [-0.3, -0.25) is 4.79 Å². The molecule has 0 aliphatic rings. The van der Waals surface area contributed by atoms with E-state index in [-0.39, 0.29) is 5.91 Å². The standard InChI is InChI=1S/C16H20ClN3OS/c1-3-11(4-2)15-19-20-16(22-15)18-14(21)10-9-12-7-5-6-8-13(12)17/h5-8,11H,3-4,9-10H2,1-2H3,(H,18,20,21). The first-order chi connectivity index (χ1) is 10.6. The Labute approximate surface area is 139 Å². The van der Waals surface area contributed by atoms with Gasteiger partial charge in [0, 0.05) is 17.4 Å². The number of nitrogens with zero attached hydrogens (tertiary/aromatic N) is 2. The highest BCUT2D eigenvalue weighted by molar-refractivity contribution is 7.15. The van der Waals surface area contributed by atoms with Gasteiger partial charge in [-0.15, -0.1) is 10.2 Å². The topological polar surface area (TPSA) is 54.9 Å². The fourth-order valence-corrected chi connectivity index (χ4v) is 3.48. The minimum Gasteiger partial charge on any atom is -0.301 e. The maximum Gasteiger partial charge on any atom is 0.226 e. The van der Waals surface area contributed by atoms with Crippen molar-refractivity contribution in [2.75, 3.05) is 5.32 Å². The Morgan fingerprint density at radius 1 is 1.27 bits per heavy atom. The smallest absolute Gasteiger partial charge is 0.226 e. The zero-order chi connectivity index (χ0) is 15.9. The van der Waals surface area contributed by atoms with Crippen LogP contribution in [0.2, 0.25) is 5.02 Å². The maximum absolute atomic E-state index is 12.0. The molecule has 0 saturated carbocycles. The van der Waals surface area contributed by atoms with Gasteiger partial charge in [0.25, 0.3) is 0 Å². The van der Waals surface area contributed by atoms with E-state index in [0.717, 1.165) is 23.4 Å². The van der Waals surface area contributed by atoms with Gasteiger partial charge in [0.1, 0.15) is 5.01 Å².